The molecule has 0 spiro atoms. The first-order valence-corrected chi connectivity index (χ1v) is 6.43. The average Bonchev–Trinajstić information content (AvgIpc) is 2.38. The molecule has 0 aliphatic rings. The number of methoxy groups -OCH3 is 1. The molecule has 0 radical (unpaired) electrons. The molecule has 0 bridgehead atoms. The summed E-state index contributed by atoms with van der Waals surface area (Å²) in [7, 11) is 1.68. The molecule has 2 rings (SSSR count). The normalized spacial score (nSPS) is 12.3. The second kappa shape index (κ2) is 5.43. The largest absolute Gasteiger partial charge is 0.497 e. The first-order chi connectivity index (χ1) is 9.02. The van der Waals surface area contributed by atoms with Gasteiger partial charge in [0.1, 0.15) is 11.6 Å². The van der Waals surface area contributed by atoms with E-state index in [9.17, 15) is 4.39 Å². The smallest absolute Gasteiger partial charge is 0.123 e. The van der Waals surface area contributed by atoms with Gasteiger partial charge in [-0.1, -0.05) is 19.1 Å². The van der Waals surface area contributed by atoms with Crippen LogP contribution < -0.4 is 4.74 Å². The number of halogens is 1. The van der Waals surface area contributed by atoms with Gasteiger partial charge in [0.05, 0.1) is 7.11 Å². The topological polar surface area (TPSA) is 9.23 Å². The minimum atomic E-state index is -0.195. The summed E-state index contributed by atoms with van der Waals surface area (Å²) in [6.45, 7) is 6.32. The third-order valence-corrected chi connectivity index (χ3v) is 3.61. The van der Waals surface area contributed by atoms with Crippen LogP contribution >= 0.6 is 0 Å². The Morgan fingerprint density at radius 2 is 1.53 bits per heavy atom. The zero-order valence-electron chi connectivity index (χ0n) is 11.8. The molecule has 0 aromatic heterocycles. The second-order valence-corrected chi connectivity index (χ2v) is 4.95. The standard InChI is InChI=1S/C17H19FO/c1-11-9-16(19-4)10-12(2)17(11)13(3)14-5-7-15(18)8-6-14/h5-10,13H,1-4H3. The molecule has 100 valence electrons. The summed E-state index contributed by atoms with van der Waals surface area (Å²) >= 11 is 0. The third kappa shape index (κ3) is 2.78. The fourth-order valence-corrected chi connectivity index (χ4v) is 2.65. The minimum absolute atomic E-state index is 0.195. The predicted molar refractivity (Wildman–Crippen MR) is 76.4 cm³/mol. The summed E-state index contributed by atoms with van der Waals surface area (Å²) in [5, 5.41) is 0. The highest BCUT2D eigenvalue weighted by atomic mass is 19.1. The summed E-state index contributed by atoms with van der Waals surface area (Å²) in [5.74, 6) is 0.927. The molecule has 0 amide bonds. The zero-order chi connectivity index (χ0) is 14.0. The van der Waals surface area contributed by atoms with E-state index < -0.39 is 0 Å². The molecular formula is C17H19FO. The number of ether oxygens (including phenoxy) is 1. The van der Waals surface area contributed by atoms with Crippen LogP contribution in [0.25, 0.3) is 0 Å². The lowest BCUT2D eigenvalue weighted by Gasteiger charge is -2.19. The van der Waals surface area contributed by atoms with Crippen molar-refractivity contribution in [3.05, 3.63) is 64.5 Å². The Kier molecular flexibility index (Phi) is 3.89. The molecule has 0 fully saturated rings. The summed E-state index contributed by atoms with van der Waals surface area (Å²) in [6.07, 6.45) is 0. The first-order valence-electron chi connectivity index (χ1n) is 6.43. The molecule has 0 aliphatic carbocycles. The van der Waals surface area contributed by atoms with Crippen LogP contribution in [0.4, 0.5) is 4.39 Å². The van der Waals surface area contributed by atoms with E-state index in [1.54, 1.807) is 7.11 Å². The van der Waals surface area contributed by atoms with Crippen molar-refractivity contribution in [1.29, 1.82) is 0 Å². The lowest BCUT2D eigenvalue weighted by atomic mass is 9.87. The number of rotatable bonds is 3. The molecule has 2 aromatic carbocycles. The van der Waals surface area contributed by atoms with Gasteiger partial charge in [0.15, 0.2) is 0 Å². The van der Waals surface area contributed by atoms with E-state index in [-0.39, 0.29) is 11.7 Å². The van der Waals surface area contributed by atoms with Crippen LogP contribution in [0.15, 0.2) is 36.4 Å². The van der Waals surface area contributed by atoms with Crippen molar-refractivity contribution >= 4 is 0 Å². The molecular weight excluding hydrogens is 239 g/mol. The lowest BCUT2D eigenvalue weighted by Crippen LogP contribution is -2.02. The van der Waals surface area contributed by atoms with Crippen LogP contribution in [0.1, 0.15) is 35.1 Å². The van der Waals surface area contributed by atoms with Crippen molar-refractivity contribution in [2.45, 2.75) is 26.7 Å². The van der Waals surface area contributed by atoms with Crippen molar-refractivity contribution in [2.75, 3.05) is 7.11 Å². The van der Waals surface area contributed by atoms with Crippen LogP contribution in [0.3, 0.4) is 0 Å². The number of hydrogen-bond donors (Lipinski definition) is 0. The molecule has 2 heteroatoms. The molecule has 1 atom stereocenters. The van der Waals surface area contributed by atoms with Gasteiger partial charge in [-0.05, 0) is 60.4 Å². The molecule has 19 heavy (non-hydrogen) atoms. The van der Waals surface area contributed by atoms with Gasteiger partial charge in [0.2, 0.25) is 0 Å². The maximum atomic E-state index is 13.0. The Hall–Kier alpha value is -1.83. The maximum Gasteiger partial charge on any atom is 0.123 e. The van der Waals surface area contributed by atoms with Crippen molar-refractivity contribution in [1.82, 2.24) is 0 Å². The molecule has 0 heterocycles. The Morgan fingerprint density at radius 1 is 1.00 bits per heavy atom. The van der Waals surface area contributed by atoms with Gasteiger partial charge in [-0.15, -0.1) is 0 Å². The van der Waals surface area contributed by atoms with Crippen LogP contribution in [0.5, 0.6) is 5.75 Å². The Bertz CT molecular complexity index is 549. The minimum Gasteiger partial charge on any atom is -0.497 e. The molecule has 0 N–H and O–H groups in total. The maximum absolute atomic E-state index is 13.0. The van der Waals surface area contributed by atoms with Crippen molar-refractivity contribution in [3.63, 3.8) is 0 Å². The summed E-state index contributed by atoms with van der Waals surface area (Å²) in [5.41, 5.74) is 4.81. The van der Waals surface area contributed by atoms with Gasteiger partial charge < -0.3 is 4.74 Å². The fraction of sp³-hybridized carbons (Fsp3) is 0.294. The third-order valence-electron chi connectivity index (χ3n) is 3.61. The van der Waals surface area contributed by atoms with Gasteiger partial charge in [-0.3, -0.25) is 0 Å². The van der Waals surface area contributed by atoms with Crippen LogP contribution in [0, 0.1) is 19.7 Å². The molecule has 2 aromatic rings. The van der Waals surface area contributed by atoms with Crippen molar-refractivity contribution in [3.8, 4) is 5.75 Å². The number of hydrogen-bond acceptors (Lipinski definition) is 1. The zero-order valence-corrected chi connectivity index (χ0v) is 11.8. The van der Waals surface area contributed by atoms with Gasteiger partial charge in [0, 0.05) is 5.92 Å². The second-order valence-electron chi connectivity index (χ2n) is 4.95. The first kappa shape index (κ1) is 13.6. The quantitative estimate of drug-likeness (QED) is 0.781. The molecule has 0 saturated carbocycles. The van der Waals surface area contributed by atoms with E-state index >= 15 is 0 Å². The molecule has 0 saturated heterocycles. The summed E-state index contributed by atoms with van der Waals surface area (Å²) < 4.78 is 18.3. The van der Waals surface area contributed by atoms with Gasteiger partial charge in [-0.2, -0.15) is 0 Å². The van der Waals surface area contributed by atoms with Crippen molar-refractivity contribution in [2.24, 2.45) is 0 Å². The highest BCUT2D eigenvalue weighted by molar-refractivity contribution is 5.46. The molecule has 0 aliphatic heterocycles. The Balaban J connectivity index is 2.44. The van der Waals surface area contributed by atoms with E-state index in [1.165, 1.54) is 28.8 Å². The highest BCUT2D eigenvalue weighted by Gasteiger charge is 2.14. The average molecular weight is 258 g/mol. The Morgan fingerprint density at radius 3 is 2.00 bits per heavy atom. The van der Waals surface area contributed by atoms with Gasteiger partial charge >= 0.3 is 0 Å². The van der Waals surface area contributed by atoms with E-state index in [1.807, 2.05) is 24.3 Å². The van der Waals surface area contributed by atoms with E-state index in [4.69, 9.17) is 4.74 Å². The van der Waals surface area contributed by atoms with E-state index in [2.05, 4.69) is 20.8 Å². The highest BCUT2D eigenvalue weighted by Crippen LogP contribution is 2.32. The van der Waals surface area contributed by atoms with E-state index in [0.29, 0.717) is 0 Å². The Labute approximate surface area is 114 Å². The monoisotopic (exact) mass is 258 g/mol. The van der Waals surface area contributed by atoms with Crippen LogP contribution in [-0.4, -0.2) is 7.11 Å². The van der Waals surface area contributed by atoms with Gasteiger partial charge in [0.25, 0.3) is 0 Å². The summed E-state index contributed by atoms with van der Waals surface area (Å²) in [4.78, 5) is 0. The number of benzene rings is 2. The molecule has 1 nitrogen and oxygen atoms in total. The van der Waals surface area contributed by atoms with Crippen LogP contribution in [0.2, 0.25) is 0 Å². The van der Waals surface area contributed by atoms with Gasteiger partial charge in [-0.25, -0.2) is 4.39 Å². The lowest BCUT2D eigenvalue weighted by molar-refractivity contribution is 0.414. The number of aryl methyl sites for hydroxylation is 2. The van der Waals surface area contributed by atoms with Crippen LogP contribution in [-0.2, 0) is 0 Å². The van der Waals surface area contributed by atoms with E-state index in [0.717, 1.165) is 11.3 Å². The fourth-order valence-electron chi connectivity index (χ4n) is 2.65. The molecule has 1 unspecified atom stereocenters. The van der Waals surface area contributed by atoms with Crippen molar-refractivity contribution < 1.29 is 9.13 Å². The SMILES string of the molecule is COc1cc(C)c(C(C)c2ccc(F)cc2)c(C)c1. The summed E-state index contributed by atoms with van der Waals surface area (Å²) in [6, 6.07) is 10.8. The predicted octanol–water partition coefficient (Wildman–Crippen LogP) is 4.60.